The number of aliphatic carboxylic acids is 1. The van der Waals surface area contributed by atoms with Gasteiger partial charge in [0.05, 0.1) is 10.5 Å². The van der Waals surface area contributed by atoms with Crippen LogP contribution in [0, 0.1) is 0 Å². The van der Waals surface area contributed by atoms with Crippen molar-refractivity contribution in [3.8, 4) is 0 Å². The molecule has 5 nitrogen and oxygen atoms in total. The number of carbonyl (C=O) groups is 1. The van der Waals surface area contributed by atoms with E-state index in [0.29, 0.717) is 6.07 Å². The molecule has 0 saturated carbocycles. The lowest BCUT2D eigenvalue weighted by atomic mass is 10.2. The van der Waals surface area contributed by atoms with Gasteiger partial charge < -0.3 is 5.11 Å². The number of carboxylic acids is 1. The highest BCUT2D eigenvalue weighted by molar-refractivity contribution is 7.89. The van der Waals surface area contributed by atoms with Crippen LogP contribution in [0.3, 0.4) is 0 Å². The third kappa shape index (κ3) is 5.72. The molecule has 0 unspecified atom stereocenters. The average molecular weight is 325 g/mol. The van der Waals surface area contributed by atoms with Crippen LogP contribution in [0.2, 0.25) is 0 Å². The first kappa shape index (κ1) is 17.4. The second-order valence-corrected chi connectivity index (χ2v) is 6.04. The van der Waals surface area contributed by atoms with Crippen LogP contribution in [0.1, 0.15) is 24.8 Å². The van der Waals surface area contributed by atoms with Crippen molar-refractivity contribution in [3.63, 3.8) is 0 Å². The third-order valence-corrected chi connectivity index (χ3v) is 4.04. The summed E-state index contributed by atoms with van der Waals surface area (Å²) in [6, 6.07) is 3.42. The van der Waals surface area contributed by atoms with E-state index in [1.807, 2.05) is 0 Å². The van der Waals surface area contributed by atoms with E-state index in [2.05, 4.69) is 4.72 Å². The molecule has 0 bridgehead atoms. The summed E-state index contributed by atoms with van der Waals surface area (Å²) < 4.78 is 63.3. The molecular weight excluding hydrogens is 311 g/mol. The van der Waals surface area contributed by atoms with E-state index in [1.165, 1.54) is 0 Å². The quantitative estimate of drug-likeness (QED) is 0.753. The van der Waals surface area contributed by atoms with Crippen molar-refractivity contribution in [2.24, 2.45) is 0 Å². The van der Waals surface area contributed by atoms with Crippen molar-refractivity contribution in [2.45, 2.75) is 30.3 Å². The fourth-order valence-electron chi connectivity index (χ4n) is 1.53. The van der Waals surface area contributed by atoms with Gasteiger partial charge in [-0.05, 0) is 31.0 Å². The molecule has 2 N–H and O–H groups in total. The number of rotatable bonds is 7. The standard InChI is InChI=1S/C12H14F3NO4S/c13-12(14,15)9-4-3-5-10(8-9)21(19,20)16-7-2-1-6-11(17)18/h3-5,8,16H,1-2,6-7H2,(H,17,18). The van der Waals surface area contributed by atoms with Crippen LogP contribution in [0.15, 0.2) is 29.2 Å². The van der Waals surface area contributed by atoms with Gasteiger partial charge in [0.1, 0.15) is 0 Å². The minimum atomic E-state index is -4.62. The molecule has 0 fully saturated rings. The normalized spacial score (nSPS) is 12.3. The molecule has 1 aromatic rings. The Morgan fingerprint density at radius 3 is 2.48 bits per heavy atom. The van der Waals surface area contributed by atoms with Gasteiger partial charge in [0.25, 0.3) is 0 Å². The zero-order valence-electron chi connectivity index (χ0n) is 10.9. The van der Waals surface area contributed by atoms with E-state index in [1.54, 1.807) is 0 Å². The number of benzene rings is 1. The molecule has 1 aromatic carbocycles. The van der Waals surface area contributed by atoms with Crippen LogP contribution in [-0.2, 0) is 21.0 Å². The Bertz CT molecular complexity index is 599. The summed E-state index contributed by atoms with van der Waals surface area (Å²) >= 11 is 0. The third-order valence-electron chi connectivity index (χ3n) is 2.58. The number of halogens is 3. The number of sulfonamides is 1. The SMILES string of the molecule is O=C(O)CCCCNS(=O)(=O)c1cccc(C(F)(F)F)c1. The van der Waals surface area contributed by atoms with Crippen LogP contribution in [0.25, 0.3) is 0 Å². The lowest BCUT2D eigenvalue weighted by Crippen LogP contribution is -2.25. The summed E-state index contributed by atoms with van der Waals surface area (Å²) in [6.07, 6.45) is -4.15. The van der Waals surface area contributed by atoms with Crippen molar-refractivity contribution in [2.75, 3.05) is 6.54 Å². The van der Waals surface area contributed by atoms with Crippen LogP contribution in [0.5, 0.6) is 0 Å². The van der Waals surface area contributed by atoms with E-state index in [4.69, 9.17) is 5.11 Å². The van der Waals surface area contributed by atoms with Gasteiger partial charge in [-0.3, -0.25) is 4.79 Å². The van der Waals surface area contributed by atoms with Crippen LogP contribution < -0.4 is 4.72 Å². The fraction of sp³-hybridized carbons (Fsp3) is 0.417. The van der Waals surface area contributed by atoms with Crippen molar-refractivity contribution >= 4 is 16.0 Å². The molecule has 0 aromatic heterocycles. The van der Waals surface area contributed by atoms with E-state index in [0.717, 1.165) is 18.2 Å². The van der Waals surface area contributed by atoms with Crippen LogP contribution in [0.4, 0.5) is 13.2 Å². The Balaban J connectivity index is 2.68. The van der Waals surface area contributed by atoms with Gasteiger partial charge in [-0.2, -0.15) is 13.2 Å². The minimum absolute atomic E-state index is 0.0359. The number of nitrogens with one attached hydrogen (secondary N) is 1. The van der Waals surface area contributed by atoms with E-state index in [-0.39, 0.29) is 25.8 Å². The maximum atomic E-state index is 12.5. The zero-order valence-corrected chi connectivity index (χ0v) is 11.7. The molecule has 0 saturated heterocycles. The lowest BCUT2D eigenvalue weighted by Gasteiger charge is -2.10. The maximum Gasteiger partial charge on any atom is 0.416 e. The van der Waals surface area contributed by atoms with Crippen molar-refractivity contribution < 1.29 is 31.5 Å². The molecule has 0 aliphatic rings. The highest BCUT2D eigenvalue weighted by Crippen LogP contribution is 2.30. The molecular formula is C12H14F3NO4S. The predicted molar refractivity (Wildman–Crippen MR) is 68.1 cm³/mol. The largest absolute Gasteiger partial charge is 0.481 e. The number of unbranched alkanes of at least 4 members (excludes halogenated alkanes) is 1. The van der Waals surface area contributed by atoms with Crippen molar-refractivity contribution in [3.05, 3.63) is 29.8 Å². The van der Waals surface area contributed by atoms with Gasteiger partial charge in [-0.1, -0.05) is 6.07 Å². The van der Waals surface area contributed by atoms with E-state index >= 15 is 0 Å². The Morgan fingerprint density at radius 2 is 1.90 bits per heavy atom. The van der Waals surface area contributed by atoms with E-state index in [9.17, 15) is 26.4 Å². The zero-order chi connectivity index (χ0) is 16.1. The smallest absolute Gasteiger partial charge is 0.416 e. The Labute approximate surface area is 119 Å². The highest BCUT2D eigenvalue weighted by Gasteiger charge is 2.31. The number of hydrogen-bond acceptors (Lipinski definition) is 3. The predicted octanol–water partition coefficient (Wildman–Crippen LogP) is 2.24. The molecule has 0 amide bonds. The van der Waals surface area contributed by atoms with Gasteiger partial charge >= 0.3 is 12.1 Å². The van der Waals surface area contributed by atoms with Gasteiger partial charge in [-0.15, -0.1) is 0 Å². The first-order valence-corrected chi connectivity index (χ1v) is 7.50. The first-order valence-electron chi connectivity index (χ1n) is 6.01. The van der Waals surface area contributed by atoms with Crippen molar-refractivity contribution in [1.29, 1.82) is 0 Å². The molecule has 1 rings (SSSR count). The summed E-state index contributed by atoms with van der Waals surface area (Å²) in [4.78, 5) is 9.79. The summed E-state index contributed by atoms with van der Waals surface area (Å²) in [6.45, 7) is -0.0359. The Morgan fingerprint density at radius 1 is 1.24 bits per heavy atom. The molecule has 0 spiro atoms. The Kier molecular flexibility index (Phi) is 5.73. The number of carboxylic acid groups (broad SMARTS) is 1. The molecule has 118 valence electrons. The molecule has 0 heterocycles. The molecule has 0 aliphatic carbocycles. The molecule has 0 radical (unpaired) electrons. The van der Waals surface area contributed by atoms with Crippen LogP contribution in [-0.4, -0.2) is 26.0 Å². The highest BCUT2D eigenvalue weighted by atomic mass is 32.2. The van der Waals surface area contributed by atoms with Gasteiger partial charge in [0.2, 0.25) is 10.0 Å². The van der Waals surface area contributed by atoms with Gasteiger partial charge in [0, 0.05) is 13.0 Å². The van der Waals surface area contributed by atoms with Gasteiger partial charge in [0.15, 0.2) is 0 Å². The molecule has 9 heteroatoms. The summed E-state index contributed by atoms with van der Waals surface area (Å²) in [7, 11) is -4.04. The first-order chi connectivity index (χ1) is 9.63. The number of alkyl halides is 3. The second-order valence-electron chi connectivity index (χ2n) is 4.27. The van der Waals surface area contributed by atoms with Gasteiger partial charge in [-0.25, -0.2) is 13.1 Å². The summed E-state index contributed by atoms with van der Waals surface area (Å²) in [5.74, 6) is -0.990. The maximum absolute atomic E-state index is 12.5. The van der Waals surface area contributed by atoms with Crippen LogP contribution >= 0.6 is 0 Å². The summed E-state index contributed by atoms with van der Waals surface area (Å²) in [5, 5.41) is 8.41. The molecule has 0 aliphatic heterocycles. The summed E-state index contributed by atoms with van der Waals surface area (Å²) in [5.41, 5.74) is -1.05. The van der Waals surface area contributed by atoms with E-state index < -0.39 is 32.6 Å². The fourth-order valence-corrected chi connectivity index (χ4v) is 2.65. The van der Waals surface area contributed by atoms with Crippen molar-refractivity contribution in [1.82, 2.24) is 4.72 Å². The molecule has 21 heavy (non-hydrogen) atoms. The lowest BCUT2D eigenvalue weighted by molar-refractivity contribution is -0.138. The Hall–Kier alpha value is -1.61. The monoisotopic (exact) mass is 325 g/mol. The number of hydrogen-bond donors (Lipinski definition) is 2. The topological polar surface area (TPSA) is 83.5 Å². The minimum Gasteiger partial charge on any atom is -0.481 e. The second kappa shape index (κ2) is 6.90. The average Bonchev–Trinajstić information content (AvgIpc) is 2.37. The molecule has 0 atom stereocenters.